The van der Waals surface area contributed by atoms with Crippen molar-refractivity contribution in [3.05, 3.63) is 35.9 Å². The number of hydrogen-bond acceptors (Lipinski definition) is 3. The maximum Gasteiger partial charge on any atom is 0.321 e. The van der Waals surface area contributed by atoms with E-state index in [1.165, 1.54) is 18.7 Å². The van der Waals surface area contributed by atoms with Crippen LogP contribution in [0.2, 0.25) is 0 Å². The van der Waals surface area contributed by atoms with E-state index in [1.54, 1.807) is 0 Å². The average molecular weight is 254 g/mol. The lowest BCUT2D eigenvalue weighted by Crippen LogP contribution is -2.38. The topological polar surface area (TPSA) is 74.6 Å². The Labute approximate surface area is 104 Å². The van der Waals surface area contributed by atoms with E-state index in [1.807, 2.05) is 30.3 Å². The normalized spacial score (nSPS) is 11.1. The number of benzene rings is 1. The number of carboxylic acids is 2. The maximum absolute atomic E-state index is 10.9. The first-order valence-electron chi connectivity index (χ1n) is 5.05. The zero-order valence-electron chi connectivity index (χ0n) is 9.42. The molecular weight excluding hydrogens is 240 g/mol. The molecule has 17 heavy (non-hydrogen) atoms. The van der Waals surface area contributed by atoms with E-state index in [0.29, 0.717) is 5.75 Å². The van der Waals surface area contributed by atoms with Gasteiger partial charge in [0.15, 0.2) is 5.41 Å². The summed E-state index contributed by atoms with van der Waals surface area (Å²) in [5.41, 5.74) is -0.671. The minimum atomic E-state index is -1.72. The molecule has 92 valence electrons. The molecule has 2 N–H and O–H groups in total. The third kappa shape index (κ3) is 3.49. The van der Waals surface area contributed by atoms with Gasteiger partial charge in [-0.05, 0) is 12.5 Å². The molecule has 0 aromatic heterocycles. The van der Waals surface area contributed by atoms with Crippen molar-refractivity contribution in [3.63, 3.8) is 0 Å². The van der Waals surface area contributed by atoms with E-state index in [-0.39, 0.29) is 5.75 Å². The van der Waals surface area contributed by atoms with E-state index < -0.39 is 17.4 Å². The summed E-state index contributed by atoms with van der Waals surface area (Å²) in [6.45, 7) is 1.23. The highest BCUT2D eigenvalue weighted by atomic mass is 32.2. The molecule has 1 rings (SSSR count). The van der Waals surface area contributed by atoms with Crippen LogP contribution in [0.3, 0.4) is 0 Å². The molecule has 0 aliphatic heterocycles. The van der Waals surface area contributed by atoms with Crippen molar-refractivity contribution in [2.45, 2.75) is 12.7 Å². The van der Waals surface area contributed by atoms with E-state index >= 15 is 0 Å². The Hall–Kier alpha value is -1.49. The van der Waals surface area contributed by atoms with E-state index in [4.69, 9.17) is 10.2 Å². The van der Waals surface area contributed by atoms with Gasteiger partial charge in [-0.25, -0.2) is 0 Å². The summed E-state index contributed by atoms with van der Waals surface area (Å²) in [7, 11) is 0. The van der Waals surface area contributed by atoms with Gasteiger partial charge >= 0.3 is 11.9 Å². The van der Waals surface area contributed by atoms with Crippen LogP contribution in [0, 0.1) is 5.41 Å². The Kier molecular flexibility index (Phi) is 4.57. The molecule has 0 amide bonds. The van der Waals surface area contributed by atoms with E-state index in [2.05, 4.69) is 0 Å². The Morgan fingerprint density at radius 3 is 2.18 bits per heavy atom. The maximum atomic E-state index is 10.9. The van der Waals surface area contributed by atoms with Gasteiger partial charge < -0.3 is 10.2 Å². The zero-order valence-corrected chi connectivity index (χ0v) is 10.2. The lowest BCUT2D eigenvalue weighted by atomic mass is 9.94. The smallest absolute Gasteiger partial charge is 0.321 e. The SMILES string of the molecule is CC(CSCc1ccccc1)(C(=O)O)C(=O)O. The molecule has 0 unspecified atom stereocenters. The Morgan fingerprint density at radius 1 is 1.18 bits per heavy atom. The van der Waals surface area contributed by atoms with Crippen LogP contribution in [0.5, 0.6) is 0 Å². The second kappa shape index (κ2) is 5.72. The molecule has 0 atom stereocenters. The van der Waals surface area contributed by atoms with Crippen molar-refractivity contribution in [1.82, 2.24) is 0 Å². The molecule has 0 saturated carbocycles. The molecule has 1 aromatic rings. The minimum absolute atomic E-state index is 0.0482. The van der Waals surface area contributed by atoms with Crippen LogP contribution >= 0.6 is 11.8 Å². The molecule has 0 bridgehead atoms. The Balaban J connectivity index is 2.55. The van der Waals surface area contributed by atoms with Crippen LogP contribution in [0.1, 0.15) is 12.5 Å². The highest BCUT2D eigenvalue weighted by molar-refractivity contribution is 7.98. The molecule has 5 heteroatoms. The van der Waals surface area contributed by atoms with Gasteiger partial charge in [0.25, 0.3) is 0 Å². The molecule has 0 radical (unpaired) electrons. The number of carboxylic acid groups (broad SMARTS) is 2. The fourth-order valence-corrected chi connectivity index (χ4v) is 2.35. The van der Waals surface area contributed by atoms with Gasteiger partial charge in [-0.15, -0.1) is 0 Å². The quantitative estimate of drug-likeness (QED) is 0.760. The summed E-state index contributed by atoms with van der Waals surface area (Å²) < 4.78 is 0. The molecule has 0 fully saturated rings. The molecule has 0 saturated heterocycles. The molecular formula is C12H14O4S. The van der Waals surface area contributed by atoms with Crippen LogP contribution in [-0.4, -0.2) is 27.9 Å². The van der Waals surface area contributed by atoms with Crippen molar-refractivity contribution < 1.29 is 19.8 Å². The van der Waals surface area contributed by atoms with Crippen molar-refractivity contribution in [2.24, 2.45) is 5.41 Å². The summed E-state index contributed by atoms with van der Waals surface area (Å²) in [4.78, 5) is 21.8. The van der Waals surface area contributed by atoms with Crippen LogP contribution in [0.15, 0.2) is 30.3 Å². The minimum Gasteiger partial charge on any atom is -0.480 e. The molecule has 1 aromatic carbocycles. The second-order valence-corrected chi connectivity index (χ2v) is 4.91. The second-order valence-electron chi connectivity index (χ2n) is 3.92. The van der Waals surface area contributed by atoms with Crippen LogP contribution in [-0.2, 0) is 15.3 Å². The first kappa shape index (κ1) is 13.6. The fraction of sp³-hybridized carbons (Fsp3) is 0.333. The van der Waals surface area contributed by atoms with Crippen molar-refractivity contribution in [2.75, 3.05) is 5.75 Å². The highest BCUT2D eigenvalue weighted by Gasteiger charge is 2.41. The first-order chi connectivity index (χ1) is 7.97. The molecule has 0 aliphatic carbocycles. The monoisotopic (exact) mass is 254 g/mol. The lowest BCUT2D eigenvalue weighted by Gasteiger charge is -2.18. The van der Waals surface area contributed by atoms with Crippen LogP contribution < -0.4 is 0 Å². The first-order valence-corrected chi connectivity index (χ1v) is 6.21. The highest BCUT2D eigenvalue weighted by Crippen LogP contribution is 2.25. The van der Waals surface area contributed by atoms with E-state index in [9.17, 15) is 9.59 Å². The van der Waals surface area contributed by atoms with Gasteiger partial charge in [-0.2, -0.15) is 11.8 Å². The summed E-state index contributed by atoms with van der Waals surface area (Å²) in [5.74, 6) is -1.94. The molecule has 0 heterocycles. The van der Waals surface area contributed by atoms with Gasteiger partial charge in [0.2, 0.25) is 0 Å². The number of carbonyl (C=O) groups is 2. The van der Waals surface area contributed by atoms with Crippen molar-refractivity contribution in [1.29, 1.82) is 0 Å². The molecule has 0 spiro atoms. The summed E-state index contributed by atoms with van der Waals surface area (Å²) in [6, 6.07) is 9.53. The third-order valence-electron chi connectivity index (χ3n) is 2.45. The lowest BCUT2D eigenvalue weighted by molar-refractivity contribution is -0.161. The number of thioether (sulfide) groups is 1. The third-order valence-corrected chi connectivity index (χ3v) is 3.77. The number of hydrogen-bond donors (Lipinski definition) is 2. The van der Waals surface area contributed by atoms with Gasteiger partial charge in [-0.1, -0.05) is 30.3 Å². The van der Waals surface area contributed by atoms with Crippen LogP contribution in [0.25, 0.3) is 0 Å². The molecule has 4 nitrogen and oxygen atoms in total. The summed E-state index contributed by atoms with van der Waals surface area (Å²) >= 11 is 1.31. The number of aliphatic carboxylic acids is 2. The average Bonchev–Trinajstić information content (AvgIpc) is 2.29. The Bertz CT molecular complexity index is 388. The predicted molar refractivity (Wildman–Crippen MR) is 66.0 cm³/mol. The zero-order chi connectivity index (χ0) is 12.9. The van der Waals surface area contributed by atoms with Gasteiger partial charge in [0.05, 0.1) is 0 Å². The van der Waals surface area contributed by atoms with Gasteiger partial charge in [-0.3, -0.25) is 9.59 Å². The Morgan fingerprint density at radius 2 is 1.71 bits per heavy atom. The number of rotatable bonds is 6. The summed E-state index contributed by atoms with van der Waals surface area (Å²) in [6.07, 6.45) is 0. The standard InChI is InChI=1S/C12H14O4S/c1-12(10(13)14,11(15)16)8-17-7-9-5-3-2-4-6-9/h2-6H,7-8H2,1H3,(H,13,14)(H,15,16). The van der Waals surface area contributed by atoms with Crippen LogP contribution in [0.4, 0.5) is 0 Å². The van der Waals surface area contributed by atoms with Crippen molar-refractivity contribution in [3.8, 4) is 0 Å². The van der Waals surface area contributed by atoms with E-state index in [0.717, 1.165) is 5.56 Å². The summed E-state index contributed by atoms with van der Waals surface area (Å²) in [5, 5.41) is 17.8. The van der Waals surface area contributed by atoms with Gasteiger partial charge in [0.1, 0.15) is 0 Å². The largest absolute Gasteiger partial charge is 0.480 e. The fourth-order valence-electron chi connectivity index (χ4n) is 1.16. The van der Waals surface area contributed by atoms with Crippen molar-refractivity contribution >= 4 is 23.7 Å². The molecule has 0 aliphatic rings. The van der Waals surface area contributed by atoms with Gasteiger partial charge in [0, 0.05) is 11.5 Å². The predicted octanol–water partition coefficient (Wildman–Crippen LogP) is 2.10.